The highest BCUT2D eigenvalue weighted by molar-refractivity contribution is 5.84. The van der Waals surface area contributed by atoms with Gasteiger partial charge in [0.1, 0.15) is 0 Å². The standard InChI is InChI=1S/C23H28N2O/c1-26-13-5-12-25-17-20(16-24-21-9-10-21)22-11-8-19(15-23(22)25)14-18-6-3-2-4-7-18/h2-4,6-8,11,15,17,21,24H,5,9-10,12-14,16H2,1H3. The highest BCUT2D eigenvalue weighted by Gasteiger charge is 2.21. The largest absolute Gasteiger partial charge is 0.385 e. The molecule has 0 bridgehead atoms. The van der Waals surface area contributed by atoms with Crippen LogP contribution in [0.5, 0.6) is 0 Å². The fourth-order valence-corrected chi connectivity index (χ4v) is 3.60. The van der Waals surface area contributed by atoms with Gasteiger partial charge in [0.2, 0.25) is 0 Å². The maximum atomic E-state index is 5.25. The van der Waals surface area contributed by atoms with Gasteiger partial charge in [0.05, 0.1) is 0 Å². The monoisotopic (exact) mass is 348 g/mol. The smallest absolute Gasteiger partial charge is 0.0486 e. The first-order chi connectivity index (χ1) is 12.8. The molecule has 1 aliphatic rings. The van der Waals surface area contributed by atoms with Crippen LogP contribution in [0.4, 0.5) is 0 Å². The molecule has 3 nitrogen and oxygen atoms in total. The number of aromatic nitrogens is 1. The highest BCUT2D eigenvalue weighted by atomic mass is 16.5. The van der Waals surface area contributed by atoms with E-state index in [4.69, 9.17) is 4.74 Å². The molecule has 1 N–H and O–H groups in total. The zero-order chi connectivity index (χ0) is 17.8. The lowest BCUT2D eigenvalue weighted by molar-refractivity contribution is 0.190. The lowest BCUT2D eigenvalue weighted by Crippen LogP contribution is -2.14. The van der Waals surface area contributed by atoms with Crippen molar-refractivity contribution in [2.75, 3.05) is 13.7 Å². The summed E-state index contributed by atoms with van der Waals surface area (Å²) in [5, 5.41) is 5.04. The van der Waals surface area contributed by atoms with Crippen molar-refractivity contribution in [3.05, 3.63) is 71.4 Å². The summed E-state index contributed by atoms with van der Waals surface area (Å²) in [6.45, 7) is 2.78. The van der Waals surface area contributed by atoms with Gasteiger partial charge in [-0.05, 0) is 48.4 Å². The molecule has 2 aromatic carbocycles. The Hall–Kier alpha value is -2.10. The predicted octanol–water partition coefficient (Wildman–Crippen LogP) is 4.52. The van der Waals surface area contributed by atoms with Crippen LogP contribution in [-0.2, 0) is 24.2 Å². The van der Waals surface area contributed by atoms with Gasteiger partial charge in [-0.15, -0.1) is 0 Å². The number of aryl methyl sites for hydroxylation is 1. The van der Waals surface area contributed by atoms with Crippen LogP contribution < -0.4 is 5.32 Å². The van der Waals surface area contributed by atoms with Gasteiger partial charge >= 0.3 is 0 Å². The minimum atomic E-state index is 0.735. The number of hydrogen-bond donors (Lipinski definition) is 1. The fourth-order valence-electron chi connectivity index (χ4n) is 3.60. The van der Waals surface area contributed by atoms with E-state index < -0.39 is 0 Å². The van der Waals surface area contributed by atoms with Crippen LogP contribution >= 0.6 is 0 Å². The van der Waals surface area contributed by atoms with Crippen LogP contribution in [0.25, 0.3) is 10.9 Å². The highest BCUT2D eigenvalue weighted by Crippen LogP contribution is 2.26. The minimum absolute atomic E-state index is 0.735. The molecule has 0 atom stereocenters. The number of hydrogen-bond acceptors (Lipinski definition) is 2. The Morgan fingerprint density at radius 2 is 1.92 bits per heavy atom. The number of ether oxygens (including phenoxy) is 1. The van der Waals surface area contributed by atoms with Crippen molar-refractivity contribution in [1.82, 2.24) is 9.88 Å². The average molecular weight is 348 g/mol. The van der Waals surface area contributed by atoms with Crippen LogP contribution in [0.2, 0.25) is 0 Å². The molecule has 1 heterocycles. The van der Waals surface area contributed by atoms with E-state index in [0.29, 0.717) is 0 Å². The molecule has 0 unspecified atom stereocenters. The molecule has 3 aromatic rings. The second-order valence-corrected chi connectivity index (χ2v) is 7.36. The SMILES string of the molecule is COCCCn1cc(CNC2CC2)c2ccc(Cc3ccccc3)cc21. The predicted molar refractivity (Wildman–Crippen MR) is 108 cm³/mol. The molecule has 0 aliphatic heterocycles. The normalized spacial score (nSPS) is 14.2. The lowest BCUT2D eigenvalue weighted by Gasteiger charge is -2.07. The zero-order valence-electron chi connectivity index (χ0n) is 15.6. The maximum absolute atomic E-state index is 5.25. The van der Waals surface area contributed by atoms with E-state index in [9.17, 15) is 0 Å². The third-order valence-electron chi connectivity index (χ3n) is 5.19. The summed E-state index contributed by atoms with van der Waals surface area (Å²) in [5.41, 5.74) is 5.49. The van der Waals surface area contributed by atoms with E-state index in [1.807, 2.05) is 0 Å². The van der Waals surface area contributed by atoms with Crippen LogP contribution in [-0.4, -0.2) is 24.3 Å². The summed E-state index contributed by atoms with van der Waals surface area (Å²) in [6, 6.07) is 18.4. The third kappa shape index (κ3) is 4.17. The van der Waals surface area contributed by atoms with E-state index >= 15 is 0 Å². The Labute approximate surface area is 156 Å². The van der Waals surface area contributed by atoms with Crippen molar-refractivity contribution in [2.45, 2.75) is 44.8 Å². The second kappa shape index (κ2) is 8.07. The van der Waals surface area contributed by atoms with Gasteiger partial charge in [0.15, 0.2) is 0 Å². The minimum Gasteiger partial charge on any atom is -0.385 e. The van der Waals surface area contributed by atoms with Crippen LogP contribution in [0.15, 0.2) is 54.7 Å². The Morgan fingerprint density at radius 1 is 1.08 bits per heavy atom. The summed E-state index contributed by atoms with van der Waals surface area (Å²) in [5.74, 6) is 0. The molecule has 3 heteroatoms. The van der Waals surface area contributed by atoms with Crippen molar-refractivity contribution >= 4 is 10.9 Å². The van der Waals surface area contributed by atoms with Crippen molar-refractivity contribution in [3.8, 4) is 0 Å². The lowest BCUT2D eigenvalue weighted by atomic mass is 10.0. The third-order valence-corrected chi connectivity index (χ3v) is 5.19. The zero-order valence-corrected chi connectivity index (χ0v) is 15.6. The Balaban J connectivity index is 1.60. The van der Waals surface area contributed by atoms with E-state index in [2.05, 4.69) is 64.6 Å². The summed E-state index contributed by atoms with van der Waals surface area (Å²) < 4.78 is 7.66. The number of fused-ring (bicyclic) bond motifs is 1. The molecule has 1 saturated carbocycles. The molecule has 1 aliphatic carbocycles. The molecule has 1 aromatic heterocycles. The number of rotatable bonds is 9. The van der Waals surface area contributed by atoms with Crippen LogP contribution in [0.3, 0.4) is 0 Å². The molecule has 0 saturated heterocycles. The fraction of sp³-hybridized carbons (Fsp3) is 0.391. The first-order valence-corrected chi connectivity index (χ1v) is 9.70. The molecule has 1 fully saturated rings. The maximum Gasteiger partial charge on any atom is 0.0486 e. The van der Waals surface area contributed by atoms with E-state index in [0.717, 1.165) is 38.6 Å². The number of methoxy groups -OCH3 is 1. The number of nitrogens with zero attached hydrogens (tertiary/aromatic N) is 1. The van der Waals surface area contributed by atoms with Gasteiger partial charge in [-0.3, -0.25) is 0 Å². The topological polar surface area (TPSA) is 26.2 Å². The first-order valence-electron chi connectivity index (χ1n) is 9.70. The van der Waals surface area contributed by atoms with Crippen LogP contribution in [0.1, 0.15) is 36.0 Å². The molecular weight excluding hydrogens is 320 g/mol. The Kier molecular flexibility index (Phi) is 5.37. The van der Waals surface area contributed by atoms with Crippen molar-refractivity contribution in [3.63, 3.8) is 0 Å². The van der Waals surface area contributed by atoms with Gasteiger partial charge in [0.25, 0.3) is 0 Å². The van der Waals surface area contributed by atoms with Gasteiger partial charge in [-0.25, -0.2) is 0 Å². The van der Waals surface area contributed by atoms with Gasteiger partial charge < -0.3 is 14.6 Å². The van der Waals surface area contributed by atoms with Crippen LogP contribution in [0, 0.1) is 0 Å². The summed E-state index contributed by atoms with van der Waals surface area (Å²) in [7, 11) is 1.77. The molecule has 4 rings (SSSR count). The first kappa shape index (κ1) is 17.3. The van der Waals surface area contributed by atoms with Gasteiger partial charge in [-0.1, -0.05) is 42.5 Å². The van der Waals surface area contributed by atoms with Gasteiger partial charge in [0, 0.05) is 49.9 Å². The van der Waals surface area contributed by atoms with Crippen molar-refractivity contribution < 1.29 is 4.74 Å². The molecule has 26 heavy (non-hydrogen) atoms. The Morgan fingerprint density at radius 3 is 2.69 bits per heavy atom. The van der Waals surface area contributed by atoms with Gasteiger partial charge in [-0.2, -0.15) is 0 Å². The summed E-state index contributed by atoms with van der Waals surface area (Å²) in [6.07, 6.45) is 7.01. The molecular formula is C23H28N2O. The van der Waals surface area contributed by atoms with Crippen molar-refractivity contribution in [2.24, 2.45) is 0 Å². The Bertz CT molecular complexity index is 849. The van der Waals surface area contributed by atoms with E-state index in [1.54, 1.807) is 7.11 Å². The van der Waals surface area contributed by atoms with E-state index in [1.165, 1.54) is 40.4 Å². The quantitative estimate of drug-likeness (QED) is 0.575. The number of benzene rings is 2. The second-order valence-electron chi connectivity index (χ2n) is 7.36. The van der Waals surface area contributed by atoms with E-state index in [-0.39, 0.29) is 0 Å². The molecule has 0 radical (unpaired) electrons. The summed E-state index contributed by atoms with van der Waals surface area (Å²) in [4.78, 5) is 0. The molecule has 0 amide bonds. The molecule has 136 valence electrons. The van der Waals surface area contributed by atoms with Crippen molar-refractivity contribution in [1.29, 1.82) is 0 Å². The average Bonchev–Trinajstić information content (AvgIpc) is 3.44. The number of nitrogens with one attached hydrogen (secondary N) is 1. The summed E-state index contributed by atoms with van der Waals surface area (Å²) >= 11 is 0. The molecule has 0 spiro atoms.